The largest absolute Gasteiger partial charge is 0.497 e. The third kappa shape index (κ3) is 2.42. The molecule has 2 N–H and O–H groups in total. The minimum atomic E-state index is -0.398. The fourth-order valence-electron chi connectivity index (χ4n) is 1.79. The Morgan fingerprint density at radius 2 is 1.84 bits per heavy atom. The van der Waals surface area contributed by atoms with Crippen LogP contribution in [0.2, 0.25) is 0 Å². The molecule has 0 saturated carbocycles. The summed E-state index contributed by atoms with van der Waals surface area (Å²) in [6.07, 6.45) is 0. The molecule has 0 aliphatic heterocycles. The Bertz CT molecular complexity index is 602. The highest BCUT2D eigenvalue weighted by molar-refractivity contribution is 7.18. The fraction of sp³-hybridized carbons (Fsp3) is 0.214. The van der Waals surface area contributed by atoms with Crippen molar-refractivity contribution < 1.29 is 14.3 Å². The van der Waals surface area contributed by atoms with Crippen molar-refractivity contribution in [1.29, 1.82) is 0 Å². The highest BCUT2D eigenvalue weighted by Gasteiger charge is 2.19. The highest BCUT2D eigenvalue weighted by Crippen LogP contribution is 2.38. The second-order valence-electron chi connectivity index (χ2n) is 4.02. The lowest BCUT2D eigenvalue weighted by molar-refractivity contribution is 0.0607. The Morgan fingerprint density at radius 1 is 1.21 bits per heavy atom. The molecule has 0 aliphatic carbocycles. The average Bonchev–Trinajstić information content (AvgIpc) is 2.75. The molecule has 0 bridgehead atoms. The molecule has 0 unspecified atom stereocenters. The van der Waals surface area contributed by atoms with E-state index in [1.807, 2.05) is 31.2 Å². The van der Waals surface area contributed by atoms with Gasteiger partial charge in [0.15, 0.2) is 0 Å². The van der Waals surface area contributed by atoms with E-state index in [1.165, 1.54) is 18.4 Å². The number of rotatable bonds is 3. The van der Waals surface area contributed by atoms with E-state index in [9.17, 15) is 4.79 Å². The molecule has 1 aromatic heterocycles. The van der Waals surface area contributed by atoms with Crippen LogP contribution < -0.4 is 10.5 Å². The predicted molar refractivity (Wildman–Crippen MR) is 76.8 cm³/mol. The van der Waals surface area contributed by atoms with E-state index in [1.54, 1.807) is 7.11 Å². The summed E-state index contributed by atoms with van der Waals surface area (Å²) in [6, 6.07) is 7.64. The molecular formula is C14H15NO3S. The third-order valence-corrected chi connectivity index (χ3v) is 4.25. The number of nitrogen functional groups attached to an aromatic ring is 1. The van der Waals surface area contributed by atoms with E-state index in [0.717, 1.165) is 21.8 Å². The number of nitrogens with two attached hydrogens (primary N) is 1. The third-order valence-electron chi connectivity index (χ3n) is 2.92. The zero-order valence-electron chi connectivity index (χ0n) is 11.0. The van der Waals surface area contributed by atoms with Crippen molar-refractivity contribution in [3.05, 3.63) is 34.7 Å². The minimum Gasteiger partial charge on any atom is -0.497 e. The van der Waals surface area contributed by atoms with Crippen molar-refractivity contribution >= 4 is 23.0 Å². The van der Waals surface area contributed by atoms with Gasteiger partial charge in [0.25, 0.3) is 0 Å². The second-order valence-corrected chi connectivity index (χ2v) is 5.04. The maximum atomic E-state index is 11.6. The van der Waals surface area contributed by atoms with Gasteiger partial charge < -0.3 is 15.2 Å². The van der Waals surface area contributed by atoms with Gasteiger partial charge in [-0.2, -0.15) is 0 Å². The molecule has 0 amide bonds. The van der Waals surface area contributed by atoms with Crippen molar-refractivity contribution in [2.45, 2.75) is 6.92 Å². The first kappa shape index (κ1) is 13.4. The molecule has 0 aliphatic rings. The number of carbonyl (C=O) groups excluding carboxylic acids is 1. The summed E-state index contributed by atoms with van der Waals surface area (Å²) in [4.78, 5) is 13.0. The quantitative estimate of drug-likeness (QED) is 0.876. The molecule has 1 heterocycles. The van der Waals surface area contributed by atoms with Crippen LogP contribution in [0.15, 0.2) is 24.3 Å². The van der Waals surface area contributed by atoms with Crippen LogP contribution in [0.3, 0.4) is 0 Å². The van der Waals surface area contributed by atoms with Crippen molar-refractivity contribution in [3.63, 3.8) is 0 Å². The van der Waals surface area contributed by atoms with Gasteiger partial charge in [-0.25, -0.2) is 4.79 Å². The maximum absolute atomic E-state index is 11.6. The first-order chi connectivity index (χ1) is 9.08. The molecule has 100 valence electrons. The van der Waals surface area contributed by atoms with Gasteiger partial charge in [-0.05, 0) is 42.3 Å². The molecule has 0 saturated heterocycles. The number of methoxy groups -OCH3 is 2. The van der Waals surface area contributed by atoms with Gasteiger partial charge in [0.1, 0.15) is 10.6 Å². The Morgan fingerprint density at radius 3 is 2.37 bits per heavy atom. The van der Waals surface area contributed by atoms with Gasteiger partial charge in [0, 0.05) is 4.88 Å². The zero-order chi connectivity index (χ0) is 14.0. The van der Waals surface area contributed by atoms with Gasteiger partial charge in [-0.15, -0.1) is 11.3 Å². The van der Waals surface area contributed by atoms with Gasteiger partial charge in [0.05, 0.1) is 19.9 Å². The zero-order valence-corrected chi connectivity index (χ0v) is 11.8. The van der Waals surface area contributed by atoms with Gasteiger partial charge in [-0.3, -0.25) is 0 Å². The highest BCUT2D eigenvalue weighted by atomic mass is 32.1. The monoisotopic (exact) mass is 277 g/mol. The molecule has 4 nitrogen and oxygen atoms in total. The van der Waals surface area contributed by atoms with Gasteiger partial charge in [0.2, 0.25) is 0 Å². The second kappa shape index (κ2) is 5.32. The molecule has 0 spiro atoms. The van der Waals surface area contributed by atoms with Crippen molar-refractivity contribution in [2.24, 2.45) is 0 Å². The number of thiophene rings is 1. The Kier molecular flexibility index (Phi) is 3.76. The van der Waals surface area contributed by atoms with Crippen LogP contribution in [0.4, 0.5) is 5.69 Å². The lowest BCUT2D eigenvalue weighted by Crippen LogP contribution is -2.01. The molecule has 2 aromatic rings. The molecule has 0 atom stereocenters. The van der Waals surface area contributed by atoms with Crippen LogP contribution in [0.1, 0.15) is 15.2 Å². The Hall–Kier alpha value is -2.01. The van der Waals surface area contributed by atoms with Crippen LogP contribution in [0.5, 0.6) is 5.75 Å². The van der Waals surface area contributed by atoms with Gasteiger partial charge in [-0.1, -0.05) is 0 Å². The molecule has 19 heavy (non-hydrogen) atoms. The standard InChI is InChI=1S/C14H15NO3S/c1-8-11(15)13(14(16)18-3)19-12(8)9-4-6-10(17-2)7-5-9/h4-7H,15H2,1-3H3. The van der Waals surface area contributed by atoms with Crippen molar-refractivity contribution in [3.8, 4) is 16.2 Å². The first-order valence-electron chi connectivity index (χ1n) is 5.70. The van der Waals surface area contributed by atoms with Crippen LogP contribution >= 0.6 is 11.3 Å². The Balaban J connectivity index is 2.47. The summed E-state index contributed by atoms with van der Waals surface area (Å²) in [7, 11) is 2.97. The number of benzene rings is 1. The van der Waals surface area contributed by atoms with Crippen LogP contribution in [0, 0.1) is 6.92 Å². The SMILES string of the molecule is COC(=O)c1sc(-c2ccc(OC)cc2)c(C)c1N. The molecule has 1 aromatic carbocycles. The fourth-order valence-corrected chi connectivity index (χ4v) is 2.94. The molecule has 0 fully saturated rings. The van der Waals surface area contributed by atoms with E-state index in [-0.39, 0.29) is 0 Å². The molecule has 0 radical (unpaired) electrons. The number of esters is 1. The lowest BCUT2D eigenvalue weighted by atomic mass is 10.1. The molecule has 5 heteroatoms. The van der Waals surface area contributed by atoms with E-state index in [0.29, 0.717) is 10.6 Å². The summed E-state index contributed by atoms with van der Waals surface area (Å²) in [6.45, 7) is 1.90. The summed E-state index contributed by atoms with van der Waals surface area (Å²) in [5.41, 5.74) is 8.35. The summed E-state index contributed by atoms with van der Waals surface area (Å²) in [5.74, 6) is 0.393. The summed E-state index contributed by atoms with van der Waals surface area (Å²) in [5, 5.41) is 0. The number of ether oxygens (including phenoxy) is 2. The van der Waals surface area contributed by atoms with E-state index >= 15 is 0 Å². The topological polar surface area (TPSA) is 61.5 Å². The first-order valence-corrected chi connectivity index (χ1v) is 6.51. The number of hydrogen-bond acceptors (Lipinski definition) is 5. The number of hydrogen-bond donors (Lipinski definition) is 1. The smallest absolute Gasteiger partial charge is 0.350 e. The van der Waals surface area contributed by atoms with Crippen LogP contribution in [0.25, 0.3) is 10.4 Å². The van der Waals surface area contributed by atoms with E-state index < -0.39 is 5.97 Å². The van der Waals surface area contributed by atoms with Crippen molar-refractivity contribution in [2.75, 3.05) is 20.0 Å². The maximum Gasteiger partial charge on any atom is 0.350 e. The minimum absolute atomic E-state index is 0.398. The van der Waals surface area contributed by atoms with E-state index in [2.05, 4.69) is 0 Å². The van der Waals surface area contributed by atoms with E-state index in [4.69, 9.17) is 15.2 Å². The number of anilines is 1. The molecular weight excluding hydrogens is 262 g/mol. The predicted octanol–water partition coefficient (Wildman–Crippen LogP) is 3.10. The number of carbonyl (C=O) groups is 1. The average molecular weight is 277 g/mol. The lowest BCUT2D eigenvalue weighted by Gasteiger charge is -2.02. The van der Waals surface area contributed by atoms with Crippen LogP contribution in [-0.4, -0.2) is 20.2 Å². The normalized spacial score (nSPS) is 10.3. The van der Waals surface area contributed by atoms with Crippen molar-refractivity contribution in [1.82, 2.24) is 0 Å². The summed E-state index contributed by atoms with van der Waals surface area (Å²) < 4.78 is 9.85. The summed E-state index contributed by atoms with van der Waals surface area (Å²) >= 11 is 1.35. The Labute approximate surface area is 115 Å². The van der Waals surface area contributed by atoms with Crippen LogP contribution in [-0.2, 0) is 4.74 Å². The van der Waals surface area contributed by atoms with Gasteiger partial charge >= 0.3 is 5.97 Å². The molecule has 2 rings (SSSR count).